The zero-order chi connectivity index (χ0) is 30.1. The molecule has 0 aliphatic carbocycles. The van der Waals surface area contributed by atoms with E-state index in [-0.39, 0.29) is 37.3 Å². The van der Waals surface area contributed by atoms with Gasteiger partial charge in [-0.05, 0) is 39.6 Å². The molecule has 2 aromatic carbocycles. The number of cyclic esters (lactones) is 1. The van der Waals surface area contributed by atoms with Gasteiger partial charge in [-0.15, -0.1) is 0 Å². The lowest BCUT2D eigenvalue weighted by atomic mass is 9.99. The van der Waals surface area contributed by atoms with E-state index in [4.69, 9.17) is 23.7 Å². The molecule has 11 nitrogen and oxygen atoms in total. The Hall–Kier alpha value is -2.97. The van der Waals surface area contributed by atoms with Crippen molar-refractivity contribution in [3.8, 4) is 0 Å². The fourth-order valence-corrected chi connectivity index (χ4v) is 5.20. The number of aliphatic hydroxyl groups excluding tert-OH is 1. The molecule has 1 fully saturated rings. The number of carbonyl (C=O) groups is 3. The summed E-state index contributed by atoms with van der Waals surface area (Å²) in [6.07, 6.45) is -2.99. The highest BCUT2D eigenvalue weighted by Gasteiger charge is 2.50. The molecular formula is C30H34BrNO10. The first-order valence-electron chi connectivity index (χ1n) is 13.5. The molecule has 42 heavy (non-hydrogen) atoms. The lowest BCUT2D eigenvalue weighted by Crippen LogP contribution is -2.55. The fraction of sp³-hybridized carbons (Fsp3) is 0.433. The molecule has 0 radical (unpaired) electrons. The van der Waals surface area contributed by atoms with E-state index in [0.717, 1.165) is 16.5 Å². The zero-order valence-corrected chi connectivity index (χ0v) is 24.7. The highest BCUT2D eigenvalue weighted by atomic mass is 79.9. The van der Waals surface area contributed by atoms with Crippen molar-refractivity contribution in [3.05, 3.63) is 82.3 Å². The smallest absolute Gasteiger partial charge is 0.417 e. The van der Waals surface area contributed by atoms with Gasteiger partial charge in [0.25, 0.3) is 5.91 Å². The van der Waals surface area contributed by atoms with E-state index in [1.165, 1.54) is 7.11 Å². The van der Waals surface area contributed by atoms with E-state index in [2.05, 4.69) is 15.9 Å². The number of ketones is 1. The summed E-state index contributed by atoms with van der Waals surface area (Å²) in [7, 11) is 1.22. The molecule has 0 unspecified atom stereocenters. The zero-order valence-electron chi connectivity index (χ0n) is 23.1. The second kappa shape index (κ2) is 15.0. The van der Waals surface area contributed by atoms with Crippen LogP contribution in [-0.2, 0) is 39.9 Å². The van der Waals surface area contributed by atoms with Gasteiger partial charge in [0, 0.05) is 20.1 Å². The molecule has 2 heterocycles. The Morgan fingerprint density at radius 1 is 1.14 bits per heavy atom. The van der Waals surface area contributed by atoms with Crippen LogP contribution in [-0.4, -0.2) is 90.5 Å². The van der Waals surface area contributed by atoms with Crippen LogP contribution < -0.4 is 0 Å². The second-order valence-corrected chi connectivity index (χ2v) is 10.7. The van der Waals surface area contributed by atoms with Crippen LogP contribution >= 0.6 is 15.9 Å². The molecule has 2 aliphatic rings. The number of benzene rings is 2. The van der Waals surface area contributed by atoms with Gasteiger partial charge in [0.15, 0.2) is 23.8 Å². The van der Waals surface area contributed by atoms with Crippen LogP contribution in [0.2, 0.25) is 0 Å². The van der Waals surface area contributed by atoms with Crippen molar-refractivity contribution in [3.63, 3.8) is 0 Å². The minimum atomic E-state index is -1.95. The summed E-state index contributed by atoms with van der Waals surface area (Å²) in [6.45, 7) is 0.390. The van der Waals surface area contributed by atoms with Gasteiger partial charge >= 0.3 is 6.09 Å². The normalized spacial score (nSPS) is 23.8. The summed E-state index contributed by atoms with van der Waals surface area (Å²) in [5.41, 5.74) is 1.65. The van der Waals surface area contributed by atoms with Gasteiger partial charge < -0.3 is 33.9 Å². The number of halogens is 1. The second-order valence-electron chi connectivity index (χ2n) is 9.87. The maximum atomic E-state index is 13.5. The topological polar surface area (TPSA) is 141 Å². The van der Waals surface area contributed by atoms with E-state index >= 15 is 0 Å². The average Bonchev–Trinajstić information content (AvgIpc) is 3.39. The van der Waals surface area contributed by atoms with Crippen LogP contribution in [0.5, 0.6) is 0 Å². The third-order valence-corrected chi connectivity index (χ3v) is 7.80. The van der Waals surface area contributed by atoms with E-state index in [0.29, 0.717) is 18.6 Å². The van der Waals surface area contributed by atoms with Crippen molar-refractivity contribution in [1.82, 2.24) is 4.90 Å². The molecule has 5 atom stereocenters. The van der Waals surface area contributed by atoms with Gasteiger partial charge in [-0.25, -0.2) is 9.69 Å². The Morgan fingerprint density at radius 2 is 1.83 bits per heavy atom. The molecule has 226 valence electrons. The molecule has 2 aliphatic heterocycles. The molecule has 2 amide bonds. The molecule has 0 aromatic heterocycles. The van der Waals surface area contributed by atoms with Gasteiger partial charge in [0.2, 0.25) is 0 Å². The van der Waals surface area contributed by atoms with Crippen LogP contribution in [0.15, 0.2) is 71.2 Å². The first-order valence-corrected chi connectivity index (χ1v) is 14.3. The van der Waals surface area contributed by atoms with Gasteiger partial charge in [0.1, 0.15) is 18.8 Å². The van der Waals surface area contributed by atoms with Crippen molar-refractivity contribution in [1.29, 1.82) is 0 Å². The number of hydrogen-bond acceptors (Lipinski definition) is 10. The van der Waals surface area contributed by atoms with Crippen LogP contribution in [0.25, 0.3) is 0 Å². The van der Waals surface area contributed by atoms with Crippen molar-refractivity contribution in [2.24, 2.45) is 0 Å². The van der Waals surface area contributed by atoms with Crippen LogP contribution in [0.4, 0.5) is 4.79 Å². The summed E-state index contributed by atoms with van der Waals surface area (Å²) in [6, 6.07) is 17.7. The van der Waals surface area contributed by atoms with Gasteiger partial charge in [-0.3, -0.25) is 9.59 Å². The van der Waals surface area contributed by atoms with Gasteiger partial charge in [-0.2, -0.15) is 0 Å². The Morgan fingerprint density at radius 3 is 2.50 bits per heavy atom. The Bertz CT molecular complexity index is 1240. The SMILES string of the molecule is CO[C@H](C(=O)N1C(=O)OC[C@@H]1c1ccccc1)[C@H]1O[C@](O)(CCCOC[C@@H](CO)OCc2ccccc2)C(Br)=CC1=O. The minimum Gasteiger partial charge on any atom is -0.446 e. The van der Waals surface area contributed by atoms with E-state index in [1.807, 2.05) is 30.3 Å². The molecule has 1 saturated heterocycles. The fourth-order valence-electron chi connectivity index (χ4n) is 4.68. The molecule has 2 aromatic rings. The van der Waals surface area contributed by atoms with Crippen LogP contribution in [0.3, 0.4) is 0 Å². The van der Waals surface area contributed by atoms with Crippen molar-refractivity contribution in [2.45, 2.75) is 49.6 Å². The summed E-state index contributed by atoms with van der Waals surface area (Å²) in [5, 5.41) is 20.9. The largest absolute Gasteiger partial charge is 0.446 e. The minimum absolute atomic E-state index is 0.00550. The number of methoxy groups -OCH3 is 1. The van der Waals surface area contributed by atoms with Gasteiger partial charge in [0.05, 0.1) is 24.3 Å². The lowest BCUT2D eigenvalue weighted by molar-refractivity contribution is -0.227. The van der Waals surface area contributed by atoms with E-state index < -0.39 is 47.9 Å². The third-order valence-electron chi connectivity index (χ3n) is 6.95. The number of nitrogens with zero attached hydrogens (tertiary/aromatic N) is 1. The molecule has 0 spiro atoms. The summed E-state index contributed by atoms with van der Waals surface area (Å²) >= 11 is 3.21. The molecule has 4 rings (SSSR count). The number of rotatable bonds is 14. The molecule has 0 bridgehead atoms. The maximum absolute atomic E-state index is 13.5. The first-order chi connectivity index (χ1) is 20.3. The van der Waals surface area contributed by atoms with Crippen LogP contribution in [0.1, 0.15) is 30.0 Å². The highest BCUT2D eigenvalue weighted by molar-refractivity contribution is 9.11. The quantitative estimate of drug-likeness (QED) is 0.294. The Labute approximate surface area is 252 Å². The van der Waals surface area contributed by atoms with Crippen LogP contribution in [0, 0.1) is 0 Å². The predicted molar refractivity (Wildman–Crippen MR) is 152 cm³/mol. The first kappa shape index (κ1) is 32.0. The maximum Gasteiger partial charge on any atom is 0.417 e. The number of imide groups is 1. The number of aliphatic hydroxyl groups is 2. The lowest BCUT2D eigenvalue weighted by Gasteiger charge is -2.38. The monoisotopic (exact) mass is 647 g/mol. The molecule has 12 heteroatoms. The Kier molecular flexibility index (Phi) is 11.4. The highest BCUT2D eigenvalue weighted by Crippen LogP contribution is 2.37. The average molecular weight is 649 g/mol. The number of ether oxygens (including phenoxy) is 5. The summed E-state index contributed by atoms with van der Waals surface area (Å²) < 4.78 is 27.7. The predicted octanol–water partition coefficient (Wildman–Crippen LogP) is 3.03. The summed E-state index contributed by atoms with van der Waals surface area (Å²) in [4.78, 5) is 39.9. The summed E-state index contributed by atoms with van der Waals surface area (Å²) in [5.74, 6) is -3.40. The number of carbonyl (C=O) groups excluding carboxylic acids is 3. The van der Waals surface area contributed by atoms with Crippen molar-refractivity contribution >= 4 is 33.7 Å². The number of hydrogen-bond donors (Lipinski definition) is 2. The third kappa shape index (κ3) is 7.70. The van der Waals surface area contributed by atoms with E-state index in [1.54, 1.807) is 30.3 Å². The van der Waals surface area contributed by atoms with Crippen molar-refractivity contribution < 1.29 is 48.3 Å². The van der Waals surface area contributed by atoms with Gasteiger partial charge in [-0.1, -0.05) is 60.7 Å². The standard InChI is InChI=1S/C30H34BrNO10/c1-38-27(28(35)32-23(19-41-29(32)36)21-11-6-3-7-12-21)26-24(34)15-25(31)30(37,42-26)13-8-14-39-18-22(16-33)40-17-20-9-4-2-5-10-20/h2-7,9-12,15,22-23,26-27,33,37H,8,13-14,16-19H2,1H3/t22-,23-,26+,27+,30-/m1/s1. The molecule has 2 N–H and O–H groups in total. The molecule has 0 saturated carbocycles. The molecular weight excluding hydrogens is 614 g/mol. The number of amides is 2. The Balaban J connectivity index is 1.34. The van der Waals surface area contributed by atoms with E-state index in [9.17, 15) is 24.6 Å². The van der Waals surface area contributed by atoms with Crippen molar-refractivity contribution in [2.75, 3.05) is 33.5 Å².